The van der Waals surface area contributed by atoms with Crippen molar-refractivity contribution in [3.63, 3.8) is 0 Å². The Hall–Kier alpha value is -4.96. The van der Waals surface area contributed by atoms with Crippen LogP contribution in [0.5, 0.6) is 0 Å². The smallest absolute Gasteiger partial charge is 0.130 e. The number of nitrogens with zero attached hydrogens (tertiary/aromatic N) is 3. The molecule has 0 N–H and O–H groups in total. The molecule has 0 saturated heterocycles. The summed E-state index contributed by atoms with van der Waals surface area (Å²) >= 11 is 0. The van der Waals surface area contributed by atoms with Crippen LogP contribution < -0.4 is 0 Å². The quantitative estimate of drug-likeness (QED) is 0.166. The summed E-state index contributed by atoms with van der Waals surface area (Å²) in [4.78, 5) is 13.0. The van der Waals surface area contributed by atoms with Crippen LogP contribution >= 0.6 is 0 Å². The van der Waals surface area contributed by atoms with Gasteiger partial charge in [-0.15, -0.1) is 54.1 Å². The number of furan rings is 1. The molecule has 5 heteroatoms. The number of fused-ring (bicyclic) bond motifs is 5. The Kier molecular flexibility index (Phi) is 7.90. The van der Waals surface area contributed by atoms with Crippen LogP contribution in [-0.2, 0) is 26.5 Å². The molecule has 239 valence electrons. The second-order valence-electron chi connectivity index (χ2n) is 12.3. The normalized spacial score (nSPS) is 13.4. The molecule has 0 amide bonds. The summed E-state index contributed by atoms with van der Waals surface area (Å²) in [5.74, 6) is 0. The van der Waals surface area contributed by atoms with Crippen molar-refractivity contribution in [2.45, 2.75) is 34.0 Å². The predicted octanol–water partition coefficient (Wildman–Crippen LogP) is 11.1. The molecule has 0 aliphatic heterocycles. The van der Waals surface area contributed by atoms with Crippen LogP contribution in [0.2, 0.25) is 0 Å². The second kappa shape index (κ2) is 14.0. The Labute approximate surface area is 302 Å². The van der Waals surface area contributed by atoms with Crippen LogP contribution in [0.15, 0.2) is 132 Å². The number of aromatic nitrogens is 3. The molecule has 8 aromatic rings. The molecular weight excluding hydrogens is 767 g/mol. The first kappa shape index (κ1) is 27.0. The zero-order chi connectivity index (χ0) is 36.7. The minimum absolute atomic E-state index is 0. The summed E-state index contributed by atoms with van der Waals surface area (Å²) in [6.45, 7) is 3.60. The van der Waals surface area contributed by atoms with Gasteiger partial charge in [-0.1, -0.05) is 86.3 Å². The van der Waals surface area contributed by atoms with Crippen LogP contribution in [0.1, 0.15) is 38.8 Å². The molecule has 4 aromatic carbocycles. The number of aryl methyl sites for hydroxylation is 1. The largest absolute Gasteiger partial charge is 0.500 e. The summed E-state index contributed by atoms with van der Waals surface area (Å²) in [6, 6.07) is 39.0. The van der Waals surface area contributed by atoms with Crippen LogP contribution in [0.4, 0.5) is 0 Å². The van der Waals surface area contributed by atoms with Gasteiger partial charge in [0.1, 0.15) is 5.58 Å². The molecule has 4 nitrogen and oxygen atoms in total. The van der Waals surface area contributed by atoms with E-state index >= 15 is 0 Å². The van der Waals surface area contributed by atoms with Crippen molar-refractivity contribution in [3.8, 4) is 33.6 Å². The van der Waals surface area contributed by atoms with E-state index in [9.17, 15) is 0 Å². The Bertz CT molecular complexity index is 2510. The number of pyridine rings is 3. The number of hydrogen-bond acceptors (Lipinski definition) is 4. The van der Waals surface area contributed by atoms with Gasteiger partial charge in [-0.25, -0.2) is 0 Å². The van der Waals surface area contributed by atoms with Crippen LogP contribution in [-0.4, -0.2) is 15.0 Å². The van der Waals surface area contributed by atoms with Crippen LogP contribution in [0, 0.1) is 24.4 Å². The van der Waals surface area contributed by atoms with Gasteiger partial charge in [0.15, 0.2) is 0 Å². The van der Waals surface area contributed by atoms with Gasteiger partial charge in [0.2, 0.25) is 0 Å². The molecule has 8 rings (SSSR count). The van der Waals surface area contributed by atoms with Gasteiger partial charge in [0.25, 0.3) is 0 Å². The van der Waals surface area contributed by atoms with E-state index in [2.05, 4.69) is 27.1 Å². The average molecular weight is 807 g/mol. The second-order valence-corrected chi connectivity index (χ2v) is 12.3. The monoisotopic (exact) mass is 807 g/mol. The number of hydrogen-bond donors (Lipinski definition) is 0. The number of benzene rings is 4. The summed E-state index contributed by atoms with van der Waals surface area (Å²) in [6.07, 6.45) is 5.36. The third kappa shape index (κ3) is 7.13. The fourth-order valence-electron chi connectivity index (χ4n) is 5.58. The van der Waals surface area contributed by atoms with Crippen molar-refractivity contribution in [2.24, 2.45) is 5.41 Å². The first-order chi connectivity index (χ1) is 24.8. The first-order valence-corrected chi connectivity index (χ1v) is 15.4. The molecule has 4 aromatic heterocycles. The van der Waals surface area contributed by atoms with E-state index in [1.807, 2.05) is 112 Å². The van der Waals surface area contributed by atoms with Gasteiger partial charge in [0, 0.05) is 62.5 Å². The standard InChI is InChI=1S/C22H22N.C21H13N2O.Ir/c1-22(2,3)16-17-9-11-18(12-10-17)20-13-14-23-21(15-20)19-7-5-4-6-8-19;1-13-5-8-19(23-11-13)17-4-2-3-15-16-7-6-14-9-10-22-12-18(14)21(16)24-20(15)17;/h4-7,9-15H,16H2,1-3H3;2-3,5-12H,1H3;/q2*-1;/i16D2;1D3;. The van der Waals surface area contributed by atoms with Crippen molar-refractivity contribution in [2.75, 3.05) is 0 Å². The maximum absolute atomic E-state index is 8.39. The molecule has 0 unspecified atom stereocenters. The Morgan fingerprint density at radius 1 is 0.729 bits per heavy atom. The Morgan fingerprint density at radius 3 is 2.33 bits per heavy atom. The molecule has 1 radical (unpaired) electrons. The van der Waals surface area contributed by atoms with Gasteiger partial charge >= 0.3 is 0 Å². The maximum Gasteiger partial charge on any atom is 0.130 e. The fourth-order valence-corrected chi connectivity index (χ4v) is 5.58. The van der Waals surface area contributed by atoms with E-state index in [-0.39, 0.29) is 25.7 Å². The van der Waals surface area contributed by atoms with Crippen molar-refractivity contribution in [3.05, 3.63) is 151 Å². The molecular formula is C43H35IrN3O-2. The van der Waals surface area contributed by atoms with E-state index in [0.29, 0.717) is 22.4 Å². The topological polar surface area (TPSA) is 51.8 Å². The molecule has 4 heterocycles. The van der Waals surface area contributed by atoms with Gasteiger partial charge in [-0.3, -0.25) is 4.98 Å². The van der Waals surface area contributed by atoms with E-state index < -0.39 is 18.6 Å². The third-order valence-corrected chi connectivity index (χ3v) is 7.72. The molecule has 0 atom stereocenters. The summed E-state index contributed by atoms with van der Waals surface area (Å²) < 4.78 is 45.5. The minimum Gasteiger partial charge on any atom is -0.500 e. The van der Waals surface area contributed by atoms with Crippen molar-refractivity contribution < 1.29 is 31.4 Å². The number of rotatable bonds is 4. The van der Waals surface area contributed by atoms with Gasteiger partial charge in [-0.05, 0) is 69.8 Å². The predicted molar refractivity (Wildman–Crippen MR) is 193 cm³/mol. The van der Waals surface area contributed by atoms with Gasteiger partial charge in [0.05, 0.1) is 5.58 Å². The summed E-state index contributed by atoms with van der Waals surface area (Å²) in [7, 11) is 0. The maximum atomic E-state index is 8.39. The summed E-state index contributed by atoms with van der Waals surface area (Å²) in [5.41, 5.74) is 7.19. The zero-order valence-electron chi connectivity index (χ0n) is 31.7. The van der Waals surface area contributed by atoms with E-state index in [1.54, 1.807) is 30.7 Å². The molecule has 0 aliphatic rings. The Balaban J connectivity index is 0.000000179. The van der Waals surface area contributed by atoms with Crippen molar-refractivity contribution in [1.82, 2.24) is 15.0 Å². The SMILES string of the molecule is [2H]C([2H])([2H])c1ccc(-c2[c-]ccc3c2oc2c4cnccc4ccc32)nc1.[2H]C([2H])(c1ccc(-c2ccnc(-c3[c-]cccc3)c2)cc1)C(C)(C)C.[Ir]. The molecule has 0 bridgehead atoms. The molecule has 0 aliphatic carbocycles. The molecule has 0 fully saturated rings. The molecule has 0 saturated carbocycles. The van der Waals surface area contributed by atoms with Crippen LogP contribution in [0.25, 0.3) is 66.4 Å². The third-order valence-electron chi connectivity index (χ3n) is 7.72. The summed E-state index contributed by atoms with van der Waals surface area (Å²) in [5, 5.41) is 3.97. The van der Waals surface area contributed by atoms with E-state index in [0.717, 1.165) is 49.5 Å². The van der Waals surface area contributed by atoms with Crippen LogP contribution in [0.3, 0.4) is 0 Å². The van der Waals surface area contributed by atoms with E-state index in [1.165, 1.54) is 6.20 Å². The van der Waals surface area contributed by atoms with E-state index in [4.69, 9.17) is 11.3 Å². The molecule has 0 spiro atoms. The van der Waals surface area contributed by atoms with Crippen molar-refractivity contribution >= 4 is 32.7 Å². The minimum atomic E-state index is -2.17. The van der Waals surface area contributed by atoms with Gasteiger partial charge in [-0.2, -0.15) is 0 Å². The molecule has 48 heavy (non-hydrogen) atoms. The van der Waals surface area contributed by atoms with Crippen molar-refractivity contribution in [1.29, 1.82) is 0 Å². The van der Waals surface area contributed by atoms with Gasteiger partial charge < -0.3 is 14.4 Å². The first-order valence-electron chi connectivity index (χ1n) is 17.9. The Morgan fingerprint density at radius 2 is 1.58 bits per heavy atom. The fraction of sp³-hybridized carbons (Fsp3) is 0.140. The zero-order valence-corrected chi connectivity index (χ0v) is 29.1. The average Bonchev–Trinajstić information content (AvgIpc) is 3.54.